The van der Waals surface area contributed by atoms with Gasteiger partial charge >= 0.3 is 0 Å². The normalized spacial score (nSPS) is 10.7. The molecule has 0 atom stereocenters. The Morgan fingerprint density at radius 1 is 0.947 bits per heavy atom. The first-order chi connectivity index (χ1) is 9.16. The zero-order valence-corrected chi connectivity index (χ0v) is 10.0. The molecule has 0 aliphatic carbocycles. The maximum atomic E-state index is 9.97. The molecule has 4 nitrogen and oxygen atoms in total. The predicted octanol–water partition coefficient (Wildman–Crippen LogP) is 3.00. The fourth-order valence-electron chi connectivity index (χ4n) is 2.15. The van der Waals surface area contributed by atoms with Crippen molar-refractivity contribution in [1.82, 2.24) is 4.98 Å². The molecule has 19 heavy (non-hydrogen) atoms. The van der Waals surface area contributed by atoms with Crippen LogP contribution in [0, 0.1) is 5.41 Å². The topological polar surface area (TPSA) is 80.1 Å². The van der Waals surface area contributed by atoms with Gasteiger partial charge in [0, 0.05) is 16.5 Å². The zero-order valence-electron chi connectivity index (χ0n) is 10.0. The lowest BCUT2D eigenvalue weighted by Crippen LogP contribution is -2.00. The van der Waals surface area contributed by atoms with Gasteiger partial charge in [-0.05, 0) is 30.3 Å². The third-order valence-corrected chi connectivity index (χ3v) is 3.09. The minimum absolute atomic E-state index is 0.0146. The fourth-order valence-corrected chi connectivity index (χ4v) is 2.15. The van der Waals surface area contributed by atoms with E-state index in [9.17, 15) is 10.2 Å². The molecule has 0 amide bonds. The van der Waals surface area contributed by atoms with Crippen LogP contribution in [-0.2, 0) is 0 Å². The van der Waals surface area contributed by atoms with Gasteiger partial charge in [-0.25, -0.2) is 0 Å². The van der Waals surface area contributed by atoms with E-state index in [2.05, 4.69) is 4.98 Å². The van der Waals surface area contributed by atoms with Crippen LogP contribution in [0.1, 0.15) is 11.1 Å². The summed E-state index contributed by atoms with van der Waals surface area (Å²) in [6.07, 6.45) is 0. The molecule has 0 radical (unpaired) electrons. The Hall–Kier alpha value is -2.75. The molecule has 3 aromatic rings. The summed E-state index contributed by atoms with van der Waals surface area (Å²) >= 11 is 0. The Morgan fingerprint density at radius 2 is 1.63 bits per heavy atom. The molecule has 0 fully saturated rings. The van der Waals surface area contributed by atoms with Gasteiger partial charge in [0.2, 0.25) is 0 Å². The first-order valence-electron chi connectivity index (χ1n) is 5.85. The van der Waals surface area contributed by atoms with Crippen LogP contribution < -0.4 is 0 Å². The van der Waals surface area contributed by atoms with Crippen LogP contribution in [0.15, 0.2) is 48.5 Å². The van der Waals surface area contributed by atoms with Crippen molar-refractivity contribution in [3.63, 3.8) is 0 Å². The molecular weight excluding hydrogens is 240 g/mol. The standard InChI is InChI=1S/C15H12N2O2/c16-14(9-5-7-10(18)8-6-9)13-11-3-1-2-4-12(11)17-15(13)19/h1-8,16-19H. The summed E-state index contributed by atoms with van der Waals surface area (Å²) in [6, 6.07) is 13.8. The van der Waals surface area contributed by atoms with Gasteiger partial charge in [-0.3, -0.25) is 5.41 Å². The second-order valence-electron chi connectivity index (χ2n) is 4.32. The first-order valence-corrected chi connectivity index (χ1v) is 5.85. The number of aromatic amines is 1. The number of para-hydroxylation sites is 1. The van der Waals surface area contributed by atoms with Crippen molar-refractivity contribution in [3.05, 3.63) is 59.7 Å². The Balaban J connectivity index is 2.16. The smallest absolute Gasteiger partial charge is 0.199 e. The van der Waals surface area contributed by atoms with E-state index in [0.29, 0.717) is 11.1 Å². The van der Waals surface area contributed by atoms with Gasteiger partial charge in [0.25, 0.3) is 0 Å². The highest BCUT2D eigenvalue weighted by molar-refractivity contribution is 6.19. The van der Waals surface area contributed by atoms with Gasteiger partial charge in [-0.1, -0.05) is 18.2 Å². The van der Waals surface area contributed by atoms with Crippen LogP contribution in [0.2, 0.25) is 0 Å². The molecule has 0 unspecified atom stereocenters. The van der Waals surface area contributed by atoms with E-state index in [0.717, 1.165) is 10.9 Å². The second-order valence-corrected chi connectivity index (χ2v) is 4.32. The van der Waals surface area contributed by atoms with Gasteiger partial charge in [0.1, 0.15) is 5.75 Å². The number of hydrogen-bond acceptors (Lipinski definition) is 3. The van der Waals surface area contributed by atoms with Crippen molar-refractivity contribution in [1.29, 1.82) is 5.41 Å². The third kappa shape index (κ3) is 1.83. The highest BCUT2D eigenvalue weighted by Crippen LogP contribution is 2.29. The number of benzene rings is 2. The largest absolute Gasteiger partial charge is 0.508 e. The van der Waals surface area contributed by atoms with E-state index in [1.54, 1.807) is 12.1 Å². The van der Waals surface area contributed by atoms with E-state index in [-0.39, 0.29) is 17.3 Å². The number of hydrogen-bond donors (Lipinski definition) is 4. The molecule has 4 N–H and O–H groups in total. The quantitative estimate of drug-likeness (QED) is 0.529. The van der Waals surface area contributed by atoms with Gasteiger partial charge in [-0.2, -0.15) is 0 Å². The average molecular weight is 252 g/mol. The summed E-state index contributed by atoms with van der Waals surface area (Å²) in [5.74, 6) is 0.138. The van der Waals surface area contributed by atoms with Crippen molar-refractivity contribution in [2.45, 2.75) is 0 Å². The molecule has 1 heterocycles. The zero-order chi connectivity index (χ0) is 13.4. The van der Waals surface area contributed by atoms with E-state index < -0.39 is 0 Å². The van der Waals surface area contributed by atoms with Gasteiger partial charge in [0.05, 0.1) is 11.3 Å². The summed E-state index contributed by atoms with van der Waals surface area (Å²) in [5.41, 5.74) is 2.12. The van der Waals surface area contributed by atoms with Crippen molar-refractivity contribution < 1.29 is 10.2 Å². The number of rotatable bonds is 2. The highest BCUT2D eigenvalue weighted by Gasteiger charge is 2.16. The van der Waals surface area contributed by atoms with E-state index in [4.69, 9.17) is 5.41 Å². The van der Waals surface area contributed by atoms with Crippen molar-refractivity contribution >= 4 is 16.6 Å². The lowest BCUT2D eigenvalue weighted by Gasteiger charge is -2.04. The van der Waals surface area contributed by atoms with Crippen LogP contribution in [0.5, 0.6) is 11.6 Å². The second kappa shape index (κ2) is 4.17. The number of aromatic nitrogens is 1. The molecule has 2 aromatic carbocycles. The van der Waals surface area contributed by atoms with Crippen molar-refractivity contribution in [2.75, 3.05) is 0 Å². The maximum Gasteiger partial charge on any atom is 0.199 e. The predicted molar refractivity (Wildman–Crippen MR) is 74.0 cm³/mol. The summed E-state index contributed by atoms with van der Waals surface area (Å²) in [6.45, 7) is 0. The third-order valence-electron chi connectivity index (χ3n) is 3.09. The number of nitrogens with one attached hydrogen (secondary N) is 2. The lowest BCUT2D eigenvalue weighted by molar-refractivity contribution is 0.457. The monoisotopic (exact) mass is 252 g/mol. The molecule has 0 aliphatic heterocycles. The summed E-state index contributed by atoms with van der Waals surface area (Å²) in [5, 5.41) is 28.3. The molecular formula is C15H12N2O2. The van der Waals surface area contributed by atoms with Crippen LogP contribution in [0.3, 0.4) is 0 Å². The number of phenolic OH excluding ortho intramolecular Hbond substituents is 1. The molecule has 94 valence electrons. The summed E-state index contributed by atoms with van der Waals surface area (Å²) in [4.78, 5) is 2.85. The van der Waals surface area contributed by atoms with E-state index in [1.165, 1.54) is 12.1 Å². The average Bonchev–Trinajstić information content (AvgIpc) is 2.74. The molecule has 0 aliphatic rings. The molecule has 4 heteroatoms. The van der Waals surface area contributed by atoms with Gasteiger partial charge in [-0.15, -0.1) is 0 Å². The maximum absolute atomic E-state index is 9.97. The first kappa shape index (κ1) is 11.3. The van der Waals surface area contributed by atoms with E-state index >= 15 is 0 Å². The molecule has 0 bridgehead atoms. The van der Waals surface area contributed by atoms with Crippen LogP contribution in [0.25, 0.3) is 10.9 Å². The highest BCUT2D eigenvalue weighted by atomic mass is 16.3. The number of aromatic hydroxyl groups is 2. The molecule has 3 rings (SSSR count). The SMILES string of the molecule is N=C(c1ccc(O)cc1)c1c(O)[nH]c2ccccc12. The Bertz CT molecular complexity index is 757. The van der Waals surface area contributed by atoms with Crippen LogP contribution in [-0.4, -0.2) is 20.9 Å². The van der Waals surface area contributed by atoms with Crippen LogP contribution in [0.4, 0.5) is 0 Å². The number of phenols is 1. The molecule has 0 spiro atoms. The van der Waals surface area contributed by atoms with Crippen molar-refractivity contribution in [3.8, 4) is 11.6 Å². The Labute approximate surface area is 109 Å². The Morgan fingerprint density at radius 3 is 2.37 bits per heavy atom. The Kier molecular flexibility index (Phi) is 2.49. The minimum atomic E-state index is -0.0146. The molecule has 0 saturated heterocycles. The fraction of sp³-hybridized carbons (Fsp3) is 0. The lowest BCUT2D eigenvalue weighted by atomic mass is 10.0. The summed E-state index contributed by atoms with van der Waals surface area (Å²) < 4.78 is 0. The van der Waals surface area contributed by atoms with Crippen LogP contribution >= 0.6 is 0 Å². The van der Waals surface area contributed by atoms with Crippen molar-refractivity contribution in [2.24, 2.45) is 0 Å². The number of H-pyrrole nitrogens is 1. The number of fused-ring (bicyclic) bond motifs is 1. The van der Waals surface area contributed by atoms with E-state index in [1.807, 2.05) is 24.3 Å². The van der Waals surface area contributed by atoms with Gasteiger partial charge < -0.3 is 15.2 Å². The minimum Gasteiger partial charge on any atom is -0.508 e. The molecule has 0 saturated carbocycles. The molecule has 1 aromatic heterocycles. The summed E-state index contributed by atoms with van der Waals surface area (Å²) in [7, 11) is 0. The van der Waals surface area contributed by atoms with Gasteiger partial charge in [0.15, 0.2) is 5.88 Å².